The van der Waals surface area contributed by atoms with Gasteiger partial charge in [0.1, 0.15) is 17.0 Å². The van der Waals surface area contributed by atoms with Crippen molar-refractivity contribution in [2.45, 2.75) is 140 Å². The summed E-state index contributed by atoms with van der Waals surface area (Å²) in [6.07, 6.45) is 9.80. The Kier molecular flexibility index (Phi) is 9.98. The lowest BCUT2D eigenvalue weighted by atomic mass is 9.85. The molecule has 5 aliphatic rings. The molecular weight excluding hydrogens is 730 g/mol. The van der Waals surface area contributed by atoms with E-state index in [1.165, 1.54) is 0 Å². The number of hydrogen-bond donors (Lipinski definition) is 1. The van der Waals surface area contributed by atoms with E-state index >= 15 is 0 Å². The quantitative estimate of drug-likeness (QED) is 0.259. The van der Waals surface area contributed by atoms with Crippen LogP contribution < -0.4 is 9.46 Å². The number of nitrogens with one attached hydrogen (secondary N) is 1. The average Bonchev–Trinajstić information content (AvgIpc) is 3.98. The fourth-order valence-corrected chi connectivity index (χ4v) is 10.2. The third kappa shape index (κ3) is 7.53. The minimum absolute atomic E-state index is 0.120. The van der Waals surface area contributed by atoms with Gasteiger partial charge in [0, 0.05) is 34.7 Å². The van der Waals surface area contributed by atoms with E-state index in [4.69, 9.17) is 26.1 Å². The van der Waals surface area contributed by atoms with Crippen LogP contribution in [-0.2, 0) is 40.4 Å². The first-order chi connectivity index (χ1) is 25.3. The zero-order valence-corrected chi connectivity index (χ0v) is 33.5. The van der Waals surface area contributed by atoms with Gasteiger partial charge in [-0.2, -0.15) is 0 Å². The third-order valence-electron chi connectivity index (χ3n) is 12.3. The highest BCUT2D eigenvalue weighted by Gasteiger charge is 2.63. The Labute approximate surface area is 323 Å². The molecule has 3 fully saturated rings. The Morgan fingerprint density at radius 3 is 2.59 bits per heavy atom. The summed E-state index contributed by atoms with van der Waals surface area (Å²) < 4.78 is 40.4. The predicted octanol–water partition coefficient (Wildman–Crippen LogP) is 6.69. The van der Waals surface area contributed by atoms with Crippen molar-refractivity contribution in [2.75, 3.05) is 6.54 Å². The normalized spacial score (nSPS) is 30.3. The van der Waals surface area contributed by atoms with Crippen LogP contribution in [0.1, 0.15) is 116 Å². The van der Waals surface area contributed by atoms with Crippen LogP contribution in [0.25, 0.3) is 10.9 Å². The summed E-state index contributed by atoms with van der Waals surface area (Å²) in [6.45, 7) is 8.99. The molecule has 1 aromatic carbocycles. The summed E-state index contributed by atoms with van der Waals surface area (Å²) in [7, 11) is -3.94. The Morgan fingerprint density at radius 1 is 1.11 bits per heavy atom. The highest BCUT2D eigenvalue weighted by molar-refractivity contribution is 7.91. The Balaban J connectivity index is 1.24. The molecule has 1 spiro atoms. The first-order valence-electron chi connectivity index (χ1n) is 19.4. The number of sulfonamides is 1. The van der Waals surface area contributed by atoms with Gasteiger partial charge >= 0.3 is 5.97 Å². The molecule has 13 heteroatoms. The first kappa shape index (κ1) is 38.8. The Hall–Kier alpha value is -3.51. The van der Waals surface area contributed by atoms with Crippen molar-refractivity contribution in [1.29, 1.82) is 0 Å². The van der Waals surface area contributed by atoms with Gasteiger partial charge in [-0.05, 0) is 110 Å². The zero-order chi connectivity index (χ0) is 38.8. The minimum Gasteiger partial charge on any atom is -0.483 e. The second-order valence-corrected chi connectivity index (χ2v) is 20.3. The molecule has 5 atom stereocenters. The van der Waals surface area contributed by atoms with Crippen molar-refractivity contribution in [2.24, 2.45) is 17.3 Å². The molecule has 2 saturated carbocycles. The molecule has 7 rings (SSSR count). The smallest absolute Gasteiger partial charge is 0.307 e. The Morgan fingerprint density at radius 2 is 1.87 bits per heavy atom. The molecule has 2 aliphatic carbocycles. The number of aromatic nitrogens is 1. The number of ether oxygens (including phenoxy) is 2. The van der Waals surface area contributed by atoms with E-state index in [2.05, 4.69) is 4.72 Å². The van der Waals surface area contributed by atoms with Crippen LogP contribution in [-0.4, -0.2) is 70.4 Å². The van der Waals surface area contributed by atoms with Crippen molar-refractivity contribution in [3.8, 4) is 5.75 Å². The SMILES string of the molecule is Cc1nc2ccc(Cl)cc2c2c1O[C@]1(CC2)C[C@H]2C(=O)C[C@]3(C(=O)NS(=O)(=O)C4(C)CC4)C[C@H]3/C=C\CCCCC[C@H](CC(=O)OC(C)(C)C)C(=O)N2C1. The maximum absolute atomic E-state index is 14.8. The Bertz CT molecular complexity index is 2040. The van der Waals surface area contributed by atoms with Gasteiger partial charge in [-0.3, -0.25) is 23.9 Å². The van der Waals surface area contributed by atoms with E-state index in [1.54, 1.807) is 38.7 Å². The lowest BCUT2D eigenvalue weighted by Gasteiger charge is -2.36. The molecule has 292 valence electrons. The molecule has 1 aromatic heterocycles. The topological polar surface area (TPSA) is 149 Å². The number of esters is 1. The number of nitrogens with zero attached hydrogens (tertiary/aromatic N) is 2. The van der Waals surface area contributed by atoms with Gasteiger partial charge in [0.25, 0.3) is 0 Å². The van der Waals surface area contributed by atoms with Crippen LogP contribution in [0, 0.1) is 24.2 Å². The standard InChI is InChI=1S/C41H52ClN3O8S/c1-25-35-29(30-20-28(42)13-14-31(30)43-25)15-16-40(53-35)22-32-33(46)23-41(37(49)44-54(50,51)39(5)17-18-39)21-27(41)12-10-8-6-7-9-11-26(36(48)45(32)24-40)19-34(47)52-38(2,3)4/h10,12-14,20,26-27,32H,6-9,11,15-19,21-24H2,1-5H3,(H,44,49)/b12-10-/t26-,27-,32+,40-,41-/m1/s1. The molecular formula is C41H52ClN3O8S. The summed E-state index contributed by atoms with van der Waals surface area (Å²) in [5.74, 6) is -2.17. The van der Waals surface area contributed by atoms with Crippen molar-refractivity contribution >= 4 is 56.1 Å². The maximum atomic E-state index is 14.8. The molecule has 2 amide bonds. The van der Waals surface area contributed by atoms with E-state index in [9.17, 15) is 27.6 Å². The number of amides is 2. The van der Waals surface area contributed by atoms with Gasteiger partial charge in [0.2, 0.25) is 21.8 Å². The molecule has 1 N–H and O–H groups in total. The molecule has 2 aromatic rings. The van der Waals surface area contributed by atoms with Crippen LogP contribution in [0.15, 0.2) is 30.4 Å². The number of rotatable bonds is 5. The number of aryl methyl sites for hydroxylation is 2. The van der Waals surface area contributed by atoms with Gasteiger partial charge in [-0.25, -0.2) is 13.4 Å². The highest BCUT2D eigenvalue weighted by Crippen LogP contribution is 2.58. The molecule has 0 radical (unpaired) electrons. The number of pyridine rings is 1. The second kappa shape index (κ2) is 13.9. The number of Topliss-reactive ketones (excluding diaryl/α,β-unsaturated/α-hetero) is 1. The van der Waals surface area contributed by atoms with Crippen LogP contribution in [0.3, 0.4) is 0 Å². The van der Waals surface area contributed by atoms with E-state index in [1.807, 2.05) is 31.2 Å². The summed E-state index contributed by atoms with van der Waals surface area (Å²) in [4.78, 5) is 63.1. The molecule has 0 bridgehead atoms. The zero-order valence-electron chi connectivity index (χ0n) is 32.0. The molecule has 3 aliphatic heterocycles. The first-order valence-corrected chi connectivity index (χ1v) is 21.3. The number of fused-ring (bicyclic) bond motifs is 5. The molecule has 54 heavy (non-hydrogen) atoms. The fraction of sp³-hybridized carbons (Fsp3) is 0.634. The number of allylic oxidation sites excluding steroid dienone is 2. The van der Waals surface area contributed by atoms with Gasteiger partial charge in [0.05, 0.1) is 40.4 Å². The molecule has 1 saturated heterocycles. The van der Waals surface area contributed by atoms with Crippen molar-refractivity contribution in [3.05, 3.63) is 46.6 Å². The molecule has 0 unspecified atom stereocenters. The van der Waals surface area contributed by atoms with Crippen LogP contribution >= 0.6 is 11.6 Å². The average molecular weight is 782 g/mol. The summed E-state index contributed by atoms with van der Waals surface area (Å²) >= 11 is 6.39. The van der Waals surface area contributed by atoms with E-state index in [-0.39, 0.29) is 43.4 Å². The summed E-state index contributed by atoms with van der Waals surface area (Å²) in [5, 5.41) is 1.48. The summed E-state index contributed by atoms with van der Waals surface area (Å²) in [5.41, 5.74) is -0.427. The van der Waals surface area contributed by atoms with Crippen LogP contribution in [0.5, 0.6) is 5.75 Å². The van der Waals surface area contributed by atoms with Crippen molar-refractivity contribution < 1.29 is 37.1 Å². The van der Waals surface area contributed by atoms with Gasteiger partial charge in [-0.15, -0.1) is 0 Å². The van der Waals surface area contributed by atoms with Crippen molar-refractivity contribution in [3.63, 3.8) is 0 Å². The van der Waals surface area contributed by atoms with E-state index < -0.39 is 55.2 Å². The minimum atomic E-state index is -3.94. The fourth-order valence-electron chi connectivity index (χ4n) is 8.72. The third-order valence-corrected chi connectivity index (χ3v) is 14.7. The number of carbonyl (C=O) groups is 4. The highest BCUT2D eigenvalue weighted by atomic mass is 35.5. The lowest BCUT2D eigenvalue weighted by molar-refractivity contribution is -0.159. The lowest BCUT2D eigenvalue weighted by Crippen LogP contribution is -2.48. The van der Waals surface area contributed by atoms with Crippen LogP contribution in [0.2, 0.25) is 5.02 Å². The number of halogens is 1. The van der Waals surface area contributed by atoms with Crippen molar-refractivity contribution in [1.82, 2.24) is 14.6 Å². The number of ketones is 1. The van der Waals surface area contributed by atoms with Crippen LogP contribution in [0.4, 0.5) is 0 Å². The van der Waals surface area contributed by atoms with Gasteiger partial charge in [-0.1, -0.05) is 36.6 Å². The molecule has 11 nitrogen and oxygen atoms in total. The maximum Gasteiger partial charge on any atom is 0.307 e. The van der Waals surface area contributed by atoms with E-state index in [0.717, 1.165) is 35.7 Å². The summed E-state index contributed by atoms with van der Waals surface area (Å²) in [6, 6.07) is 4.62. The number of carbonyl (C=O) groups excluding carboxylic acids is 4. The molecule has 4 heterocycles. The largest absolute Gasteiger partial charge is 0.483 e. The van der Waals surface area contributed by atoms with Gasteiger partial charge in [0.15, 0.2) is 5.78 Å². The monoisotopic (exact) mass is 781 g/mol. The second-order valence-electron chi connectivity index (χ2n) is 17.7. The predicted molar refractivity (Wildman–Crippen MR) is 204 cm³/mol. The van der Waals surface area contributed by atoms with Gasteiger partial charge < -0.3 is 14.4 Å². The number of hydrogen-bond acceptors (Lipinski definition) is 9. The van der Waals surface area contributed by atoms with E-state index in [0.29, 0.717) is 61.4 Å². The number of benzene rings is 1.